The van der Waals surface area contributed by atoms with Crippen molar-refractivity contribution in [2.75, 3.05) is 17.7 Å². The van der Waals surface area contributed by atoms with Crippen LogP contribution in [0, 0.1) is 11.6 Å². The van der Waals surface area contributed by atoms with Gasteiger partial charge < -0.3 is 4.90 Å². The first-order valence-corrected chi connectivity index (χ1v) is 11.5. The van der Waals surface area contributed by atoms with Crippen molar-refractivity contribution < 1.29 is 18.4 Å². The molecule has 3 aromatic carbocycles. The molecule has 0 atom stereocenters. The van der Waals surface area contributed by atoms with E-state index >= 15 is 0 Å². The van der Waals surface area contributed by atoms with E-state index in [1.807, 2.05) is 30.3 Å². The zero-order valence-corrected chi connectivity index (χ0v) is 19.1. The van der Waals surface area contributed by atoms with Crippen LogP contribution in [0.3, 0.4) is 0 Å². The highest BCUT2D eigenvalue weighted by atomic mass is 32.2. The first-order chi connectivity index (χ1) is 16.4. The van der Waals surface area contributed by atoms with Gasteiger partial charge in [-0.1, -0.05) is 60.3 Å². The molecule has 0 saturated carbocycles. The molecule has 172 valence electrons. The average molecular weight is 478 g/mol. The third-order valence-corrected chi connectivity index (χ3v) is 6.06. The maximum absolute atomic E-state index is 13.9. The lowest BCUT2D eigenvalue weighted by molar-refractivity contribution is -0.127. The van der Waals surface area contributed by atoms with Crippen LogP contribution in [0.1, 0.15) is 11.1 Å². The summed E-state index contributed by atoms with van der Waals surface area (Å²) in [6.07, 6.45) is 1.67. The van der Waals surface area contributed by atoms with E-state index in [9.17, 15) is 18.4 Å². The Labute approximate surface area is 200 Å². The van der Waals surface area contributed by atoms with Crippen molar-refractivity contribution in [2.45, 2.75) is 6.54 Å². The first-order valence-electron chi connectivity index (χ1n) is 10.5. The first kappa shape index (κ1) is 23.4. The number of thioether (sulfide) groups is 1. The van der Waals surface area contributed by atoms with E-state index in [2.05, 4.69) is 4.99 Å². The molecular formula is C26H21F2N3O2S. The highest BCUT2D eigenvalue weighted by Gasteiger charge is 2.32. The molecule has 5 nitrogen and oxygen atoms in total. The van der Waals surface area contributed by atoms with Crippen LogP contribution in [0.2, 0.25) is 0 Å². The fourth-order valence-electron chi connectivity index (χ4n) is 3.32. The van der Waals surface area contributed by atoms with Crippen molar-refractivity contribution in [1.82, 2.24) is 4.90 Å². The third-order valence-electron chi connectivity index (χ3n) is 5.13. The molecule has 1 heterocycles. The molecule has 0 radical (unpaired) electrons. The number of carbonyl (C=O) groups excluding carboxylic acids is 2. The van der Waals surface area contributed by atoms with Crippen molar-refractivity contribution in [2.24, 2.45) is 4.99 Å². The summed E-state index contributed by atoms with van der Waals surface area (Å²) < 4.78 is 27.4. The number of anilines is 1. The number of hydrogen-bond acceptors (Lipinski definition) is 4. The number of halogens is 2. The van der Waals surface area contributed by atoms with Gasteiger partial charge in [0.25, 0.3) is 5.91 Å². The quantitative estimate of drug-likeness (QED) is 0.464. The Balaban J connectivity index is 1.53. The van der Waals surface area contributed by atoms with Crippen LogP contribution in [0.25, 0.3) is 6.08 Å². The highest BCUT2D eigenvalue weighted by molar-refractivity contribution is 8.14. The summed E-state index contributed by atoms with van der Waals surface area (Å²) in [4.78, 5) is 33.1. The molecule has 0 spiro atoms. The zero-order chi connectivity index (χ0) is 24.1. The number of rotatable bonds is 6. The van der Waals surface area contributed by atoms with E-state index in [1.165, 1.54) is 40.1 Å². The summed E-state index contributed by atoms with van der Waals surface area (Å²) in [5.41, 5.74) is 1.88. The van der Waals surface area contributed by atoms with Crippen LogP contribution >= 0.6 is 11.8 Å². The molecule has 4 rings (SSSR count). The van der Waals surface area contributed by atoms with Gasteiger partial charge in [0.15, 0.2) is 5.17 Å². The Morgan fingerprint density at radius 1 is 1.00 bits per heavy atom. The number of amidine groups is 1. The number of hydrogen-bond donors (Lipinski definition) is 0. The maximum Gasteiger partial charge on any atom is 0.283 e. The molecule has 2 amide bonds. The zero-order valence-electron chi connectivity index (χ0n) is 18.3. The molecule has 0 saturated heterocycles. The molecule has 8 heteroatoms. The molecular weight excluding hydrogens is 456 g/mol. The second kappa shape index (κ2) is 10.4. The summed E-state index contributed by atoms with van der Waals surface area (Å²) in [6.45, 7) is 0.123. The second-order valence-corrected chi connectivity index (χ2v) is 8.52. The molecule has 0 aliphatic carbocycles. The molecule has 1 aliphatic heterocycles. The second-order valence-electron chi connectivity index (χ2n) is 7.58. The largest absolute Gasteiger partial charge is 0.341 e. The van der Waals surface area contributed by atoms with E-state index in [4.69, 9.17) is 0 Å². The van der Waals surface area contributed by atoms with Gasteiger partial charge in [-0.25, -0.2) is 13.8 Å². The van der Waals surface area contributed by atoms with Gasteiger partial charge in [-0.3, -0.25) is 14.5 Å². The van der Waals surface area contributed by atoms with Crippen LogP contribution in [0.5, 0.6) is 0 Å². The van der Waals surface area contributed by atoms with Gasteiger partial charge in [0, 0.05) is 19.2 Å². The molecule has 0 aromatic heterocycles. The van der Waals surface area contributed by atoms with Gasteiger partial charge >= 0.3 is 0 Å². The standard InChI is InChI=1S/C26H21F2N3O2S/c1-30(16-19-9-5-6-10-22(19)28)24(32)17-34-26-29-23(15-18-7-3-2-4-8-18)25(33)31(26)21-13-11-20(27)12-14-21/h2-15H,16-17H2,1H3/b23-15-. The molecule has 0 unspecified atom stereocenters. The third kappa shape index (κ3) is 5.40. The van der Waals surface area contributed by atoms with Crippen molar-refractivity contribution in [3.63, 3.8) is 0 Å². The Morgan fingerprint density at radius 3 is 2.38 bits per heavy atom. The van der Waals surface area contributed by atoms with Crippen LogP contribution in [-0.2, 0) is 16.1 Å². The summed E-state index contributed by atoms with van der Waals surface area (Å²) >= 11 is 1.10. The van der Waals surface area contributed by atoms with Crippen LogP contribution < -0.4 is 4.90 Å². The summed E-state index contributed by atoms with van der Waals surface area (Å²) in [5.74, 6) is -1.42. The normalized spacial score (nSPS) is 14.4. The van der Waals surface area contributed by atoms with Gasteiger partial charge in [0.05, 0.1) is 11.4 Å². The minimum absolute atomic E-state index is 0.00657. The number of aliphatic imine (C=N–C) groups is 1. The number of amides is 2. The summed E-state index contributed by atoms with van der Waals surface area (Å²) in [6, 6.07) is 21.1. The summed E-state index contributed by atoms with van der Waals surface area (Å²) in [5, 5.41) is 0.312. The van der Waals surface area contributed by atoms with Gasteiger partial charge in [-0.05, 0) is 42.0 Å². The minimum atomic E-state index is -0.425. The molecule has 0 fully saturated rings. The predicted octanol–water partition coefficient (Wildman–Crippen LogP) is 5.10. The minimum Gasteiger partial charge on any atom is -0.341 e. The van der Waals surface area contributed by atoms with E-state index in [0.717, 1.165) is 17.3 Å². The predicted molar refractivity (Wildman–Crippen MR) is 131 cm³/mol. The van der Waals surface area contributed by atoms with Crippen LogP contribution in [-0.4, -0.2) is 34.7 Å². The average Bonchev–Trinajstić information content (AvgIpc) is 3.15. The summed E-state index contributed by atoms with van der Waals surface area (Å²) in [7, 11) is 1.59. The van der Waals surface area contributed by atoms with Gasteiger partial charge in [-0.2, -0.15) is 0 Å². The van der Waals surface area contributed by atoms with E-state index in [1.54, 1.807) is 31.3 Å². The molecule has 34 heavy (non-hydrogen) atoms. The van der Waals surface area contributed by atoms with E-state index in [0.29, 0.717) is 16.4 Å². The fraction of sp³-hybridized carbons (Fsp3) is 0.115. The van der Waals surface area contributed by atoms with Crippen LogP contribution in [0.4, 0.5) is 14.5 Å². The molecule has 1 aliphatic rings. The highest BCUT2D eigenvalue weighted by Crippen LogP contribution is 2.29. The van der Waals surface area contributed by atoms with Gasteiger partial charge in [0.2, 0.25) is 5.91 Å². The Bertz CT molecular complexity index is 1260. The molecule has 0 bridgehead atoms. The van der Waals surface area contributed by atoms with Gasteiger partial charge in [0.1, 0.15) is 17.3 Å². The maximum atomic E-state index is 13.9. The van der Waals surface area contributed by atoms with Crippen molar-refractivity contribution in [1.29, 1.82) is 0 Å². The molecule has 0 N–H and O–H groups in total. The van der Waals surface area contributed by atoms with Crippen molar-refractivity contribution in [3.05, 3.63) is 107 Å². The SMILES string of the molecule is CN(Cc1ccccc1F)C(=O)CSC1=N/C(=C\c2ccccc2)C(=O)N1c1ccc(F)cc1. The Kier molecular flexibility index (Phi) is 7.18. The lowest BCUT2D eigenvalue weighted by atomic mass is 10.2. The van der Waals surface area contributed by atoms with Crippen molar-refractivity contribution >= 4 is 40.5 Å². The van der Waals surface area contributed by atoms with Crippen molar-refractivity contribution in [3.8, 4) is 0 Å². The lowest BCUT2D eigenvalue weighted by Gasteiger charge is -2.20. The monoisotopic (exact) mass is 477 g/mol. The smallest absolute Gasteiger partial charge is 0.283 e. The van der Waals surface area contributed by atoms with Crippen LogP contribution in [0.15, 0.2) is 89.6 Å². The fourth-order valence-corrected chi connectivity index (χ4v) is 4.28. The number of benzene rings is 3. The Morgan fingerprint density at radius 2 is 1.68 bits per heavy atom. The van der Waals surface area contributed by atoms with E-state index in [-0.39, 0.29) is 35.6 Å². The number of carbonyl (C=O) groups is 2. The molecule has 3 aromatic rings. The number of nitrogens with zero attached hydrogens (tertiary/aromatic N) is 3. The topological polar surface area (TPSA) is 53.0 Å². The lowest BCUT2D eigenvalue weighted by Crippen LogP contribution is -2.33. The Hall–Kier alpha value is -3.78. The van der Waals surface area contributed by atoms with E-state index < -0.39 is 5.82 Å². The van der Waals surface area contributed by atoms with Gasteiger partial charge in [-0.15, -0.1) is 0 Å².